The molecule has 1 fully saturated rings. The van der Waals surface area contributed by atoms with Crippen LogP contribution in [0.15, 0.2) is 16.5 Å². The minimum Gasteiger partial charge on any atom is -0.463 e. The van der Waals surface area contributed by atoms with Crippen molar-refractivity contribution in [1.82, 2.24) is 10.2 Å². The molecule has 2 heterocycles. The molecule has 0 radical (unpaired) electrons. The number of carbonyl (C=O) groups is 1. The third-order valence-corrected chi connectivity index (χ3v) is 4.09. The van der Waals surface area contributed by atoms with Crippen LogP contribution in [0.5, 0.6) is 0 Å². The van der Waals surface area contributed by atoms with Gasteiger partial charge < -0.3 is 19.4 Å². The van der Waals surface area contributed by atoms with Crippen LogP contribution in [-0.2, 0) is 11.3 Å². The summed E-state index contributed by atoms with van der Waals surface area (Å²) in [6.07, 6.45) is 5.17. The van der Waals surface area contributed by atoms with Gasteiger partial charge in [-0.05, 0) is 58.0 Å². The highest BCUT2D eigenvalue weighted by Crippen LogP contribution is 2.16. The number of carbonyl (C=O) groups excluding carboxylic acids is 1. The van der Waals surface area contributed by atoms with Crippen molar-refractivity contribution in [3.8, 4) is 0 Å². The molecule has 1 saturated heterocycles. The zero-order valence-corrected chi connectivity index (χ0v) is 13.1. The van der Waals surface area contributed by atoms with E-state index in [4.69, 9.17) is 4.42 Å². The van der Waals surface area contributed by atoms with Gasteiger partial charge in [-0.15, -0.1) is 0 Å². The monoisotopic (exact) mass is 294 g/mol. The first kappa shape index (κ1) is 16.0. The third kappa shape index (κ3) is 4.86. The Bertz CT molecular complexity index is 444. The van der Waals surface area contributed by atoms with Crippen LogP contribution in [0.25, 0.3) is 0 Å². The van der Waals surface area contributed by atoms with Crippen LogP contribution in [0.4, 0.5) is 0 Å². The molecule has 118 valence electrons. The van der Waals surface area contributed by atoms with E-state index in [1.165, 1.54) is 32.9 Å². The molecule has 0 aromatic carbocycles. The van der Waals surface area contributed by atoms with Crippen molar-refractivity contribution in [3.05, 3.63) is 23.7 Å². The fourth-order valence-electron chi connectivity index (χ4n) is 2.79. The minimum atomic E-state index is -0.430. The number of methoxy groups -OCH3 is 1. The van der Waals surface area contributed by atoms with E-state index < -0.39 is 5.97 Å². The molecule has 5 heteroatoms. The van der Waals surface area contributed by atoms with Gasteiger partial charge in [-0.2, -0.15) is 0 Å². The van der Waals surface area contributed by atoms with Crippen LogP contribution < -0.4 is 5.32 Å². The normalized spacial score (nSPS) is 19.6. The molecule has 0 aliphatic carbocycles. The molecule has 1 aromatic heterocycles. The first-order valence-corrected chi connectivity index (χ1v) is 7.82. The summed E-state index contributed by atoms with van der Waals surface area (Å²) in [5.41, 5.74) is 0. The van der Waals surface area contributed by atoms with Crippen molar-refractivity contribution in [3.63, 3.8) is 0 Å². The van der Waals surface area contributed by atoms with Gasteiger partial charge in [0.2, 0.25) is 5.76 Å². The highest BCUT2D eigenvalue weighted by molar-refractivity contribution is 5.86. The summed E-state index contributed by atoms with van der Waals surface area (Å²) in [5.74, 6) is 0.596. The number of nitrogens with zero attached hydrogens (tertiary/aromatic N) is 1. The lowest BCUT2D eigenvalue weighted by molar-refractivity contribution is 0.0563. The molecule has 1 aliphatic heterocycles. The van der Waals surface area contributed by atoms with E-state index in [0.29, 0.717) is 6.54 Å². The molecule has 2 rings (SSSR count). The summed E-state index contributed by atoms with van der Waals surface area (Å²) in [4.78, 5) is 13.8. The van der Waals surface area contributed by atoms with E-state index in [1.54, 1.807) is 6.07 Å². The van der Waals surface area contributed by atoms with E-state index in [0.717, 1.165) is 31.3 Å². The number of nitrogens with one attached hydrogen (secondary N) is 1. The second-order valence-corrected chi connectivity index (χ2v) is 5.67. The Hall–Kier alpha value is -1.33. The summed E-state index contributed by atoms with van der Waals surface area (Å²) in [6, 6.07) is 4.19. The molecule has 5 nitrogen and oxygen atoms in total. The fraction of sp³-hybridized carbons (Fsp3) is 0.688. The number of esters is 1. The molecule has 0 amide bonds. The molecule has 21 heavy (non-hydrogen) atoms. The average molecular weight is 294 g/mol. The molecule has 1 N–H and O–H groups in total. The third-order valence-electron chi connectivity index (χ3n) is 4.09. The number of hydrogen-bond donors (Lipinski definition) is 1. The molecule has 0 saturated carbocycles. The first-order valence-electron chi connectivity index (χ1n) is 7.82. The number of ether oxygens (including phenoxy) is 1. The van der Waals surface area contributed by atoms with Crippen molar-refractivity contribution in [2.45, 2.75) is 45.2 Å². The molecule has 0 bridgehead atoms. The molecule has 0 spiro atoms. The highest BCUT2D eigenvalue weighted by atomic mass is 16.5. The lowest BCUT2D eigenvalue weighted by atomic mass is 10.0. The highest BCUT2D eigenvalue weighted by Gasteiger charge is 2.17. The fourth-order valence-corrected chi connectivity index (χ4v) is 2.79. The van der Waals surface area contributed by atoms with Gasteiger partial charge >= 0.3 is 5.97 Å². The number of piperidine rings is 1. The van der Waals surface area contributed by atoms with Crippen LogP contribution in [0.3, 0.4) is 0 Å². The first-order chi connectivity index (χ1) is 10.2. The van der Waals surface area contributed by atoms with Crippen molar-refractivity contribution in [2.24, 2.45) is 0 Å². The van der Waals surface area contributed by atoms with Gasteiger partial charge in [0, 0.05) is 6.04 Å². The number of furan rings is 1. The van der Waals surface area contributed by atoms with Gasteiger partial charge in [0.1, 0.15) is 5.76 Å². The van der Waals surface area contributed by atoms with Crippen molar-refractivity contribution in [2.75, 3.05) is 26.7 Å². The maximum atomic E-state index is 11.3. The second-order valence-electron chi connectivity index (χ2n) is 5.67. The van der Waals surface area contributed by atoms with Crippen LogP contribution in [0.1, 0.15) is 48.9 Å². The lowest BCUT2D eigenvalue weighted by Gasteiger charge is -2.33. The van der Waals surface area contributed by atoms with Gasteiger partial charge in [-0.1, -0.05) is 6.42 Å². The standard InChI is InChI=1S/C16H26N2O3/c1-13-6-3-4-10-18(13)11-5-9-17-12-14-7-8-15(21-14)16(19)20-2/h7-8,13,17H,3-6,9-12H2,1-2H3. The maximum absolute atomic E-state index is 11.3. The predicted octanol–water partition coefficient (Wildman–Crippen LogP) is 2.42. The van der Waals surface area contributed by atoms with Gasteiger partial charge in [0.25, 0.3) is 0 Å². The molecular weight excluding hydrogens is 268 g/mol. The largest absolute Gasteiger partial charge is 0.463 e. The van der Waals surface area contributed by atoms with E-state index >= 15 is 0 Å². The van der Waals surface area contributed by atoms with Crippen molar-refractivity contribution < 1.29 is 13.9 Å². The van der Waals surface area contributed by atoms with Crippen LogP contribution in [0.2, 0.25) is 0 Å². The Morgan fingerprint density at radius 1 is 1.48 bits per heavy atom. The smallest absolute Gasteiger partial charge is 0.373 e. The van der Waals surface area contributed by atoms with Gasteiger partial charge in [-0.3, -0.25) is 0 Å². The molecule has 1 atom stereocenters. The maximum Gasteiger partial charge on any atom is 0.373 e. The minimum absolute atomic E-state index is 0.261. The molecule has 1 aliphatic rings. The molecule has 1 aromatic rings. The zero-order chi connectivity index (χ0) is 15.1. The number of likely N-dealkylation sites (tertiary alicyclic amines) is 1. The topological polar surface area (TPSA) is 54.7 Å². The predicted molar refractivity (Wildman–Crippen MR) is 81.3 cm³/mol. The SMILES string of the molecule is COC(=O)c1ccc(CNCCCN2CCCCC2C)o1. The Kier molecular flexibility index (Phi) is 6.26. The van der Waals surface area contributed by atoms with E-state index in [9.17, 15) is 4.79 Å². The van der Waals surface area contributed by atoms with Crippen LogP contribution in [-0.4, -0.2) is 43.7 Å². The number of rotatable bonds is 7. The van der Waals surface area contributed by atoms with Gasteiger partial charge in [0.05, 0.1) is 13.7 Å². The number of hydrogen-bond acceptors (Lipinski definition) is 5. The Labute approximate surface area is 126 Å². The Morgan fingerprint density at radius 2 is 2.33 bits per heavy atom. The molecular formula is C16H26N2O3. The van der Waals surface area contributed by atoms with E-state index in [2.05, 4.69) is 21.9 Å². The van der Waals surface area contributed by atoms with E-state index in [1.807, 2.05) is 6.07 Å². The van der Waals surface area contributed by atoms with Crippen molar-refractivity contribution >= 4 is 5.97 Å². The molecule has 1 unspecified atom stereocenters. The summed E-state index contributed by atoms with van der Waals surface area (Å²) < 4.78 is 10.0. The van der Waals surface area contributed by atoms with E-state index in [-0.39, 0.29) is 5.76 Å². The Balaban J connectivity index is 1.61. The summed E-state index contributed by atoms with van der Waals surface area (Å²) in [6.45, 7) is 6.31. The van der Waals surface area contributed by atoms with Gasteiger partial charge in [0.15, 0.2) is 0 Å². The summed E-state index contributed by atoms with van der Waals surface area (Å²) in [5, 5.41) is 3.35. The Morgan fingerprint density at radius 3 is 3.10 bits per heavy atom. The average Bonchev–Trinajstić information content (AvgIpc) is 2.97. The second kappa shape index (κ2) is 8.20. The summed E-state index contributed by atoms with van der Waals surface area (Å²) >= 11 is 0. The summed E-state index contributed by atoms with van der Waals surface area (Å²) in [7, 11) is 1.35. The lowest BCUT2D eigenvalue weighted by Crippen LogP contribution is -2.38. The van der Waals surface area contributed by atoms with Crippen molar-refractivity contribution in [1.29, 1.82) is 0 Å². The zero-order valence-electron chi connectivity index (χ0n) is 13.1. The van der Waals surface area contributed by atoms with Crippen LogP contribution >= 0.6 is 0 Å². The quantitative estimate of drug-likeness (QED) is 0.618. The van der Waals surface area contributed by atoms with Gasteiger partial charge in [-0.25, -0.2) is 4.79 Å². The van der Waals surface area contributed by atoms with Crippen LogP contribution in [0, 0.1) is 0 Å².